The van der Waals surface area contributed by atoms with Gasteiger partial charge in [0, 0.05) is 50.1 Å². The molecule has 0 radical (unpaired) electrons. The molecule has 0 spiro atoms. The summed E-state index contributed by atoms with van der Waals surface area (Å²) in [7, 11) is 0. The molecule has 0 saturated heterocycles. The molecule has 2 aromatic rings. The monoisotopic (exact) mass is 504 g/mol. The van der Waals surface area contributed by atoms with Gasteiger partial charge in [0.05, 0.1) is 5.84 Å². The molecule has 6 heteroatoms. The quantitative estimate of drug-likeness (QED) is 0.135. The SMILES string of the molecule is CCCCC(=O)c1cccc2c1-c1ccc(CC(=O)CCCC(N)=NCCC)cc1C2COC(=O)CC. The molecule has 0 amide bonds. The number of hydrogen-bond donors (Lipinski definition) is 1. The average Bonchev–Trinajstić information content (AvgIpc) is 3.21. The number of Topliss-reactive ketones (excluding diaryl/α,β-unsaturated/α-hetero) is 2. The fourth-order valence-corrected chi connectivity index (χ4v) is 4.85. The van der Waals surface area contributed by atoms with E-state index in [0.717, 1.165) is 59.2 Å². The summed E-state index contributed by atoms with van der Waals surface area (Å²) in [5.74, 6) is 0.487. The van der Waals surface area contributed by atoms with Crippen LogP contribution in [0, 0.1) is 0 Å². The number of fused-ring (bicyclic) bond motifs is 3. The first kappa shape index (κ1) is 28.3. The largest absolute Gasteiger partial charge is 0.465 e. The van der Waals surface area contributed by atoms with E-state index in [2.05, 4.69) is 24.9 Å². The van der Waals surface area contributed by atoms with E-state index in [4.69, 9.17) is 10.5 Å². The van der Waals surface area contributed by atoms with Gasteiger partial charge in [0.1, 0.15) is 12.4 Å². The standard InChI is InChI=1S/C31H40N2O4/c1-4-7-13-28(35)25-12-9-11-23-27(20-37-30(36)6-3)26-19-21(15-16-24(26)31(23)25)18-22(34)10-8-14-29(32)33-17-5-2/h9,11-12,15-16,19,27H,4-8,10,13-14,17-18,20H2,1-3H3,(H2,32,33). The number of esters is 1. The summed E-state index contributed by atoms with van der Waals surface area (Å²) in [5.41, 5.74) is 11.5. The Labute approximate surface area is 220 Å². The predicted molar refractivity (Wildman–Crippen MR) is 148 cm³/mol. The highest BCUT2D eigenvalue weighted by Gasteiger charge is 2.33. The van der Waals surface area contributed by atoms with Crippen molar-refractivity contribution < 1.29 is 19.1 Å². The molecule has 2 N–H and O–H groups in total. The zero-order chi connectivity index (χ0) is 26.8. The smallest absolute Gasteiger partial charge is 0.305 e. The van der Waals surface area contributed by atoms with Crippen molar-refractivity contribution in [3.63, 3.8) is 0 Å². The number of benzene rings is 2. The second-order valence-electron chi connectivity index (χ2n) is 9.75. The Bertz CT molecular complexity index is 1150. The molecule has 0 heterocycles. The van der Waals surface area contributed by atoms with Crippen molar-refractivity contribution >= 4 is 23.4 Å². The minimum absolute atomic E-state index is 0.136. The summed E-state index contributed by atoms with van der Waals surface area (Å²) in [6, 6.07) is 11.9. The average molecular weight is 505 g/mol. The Kier molecular flexibility index (Phi) is 10.6. The van der Waals surface area contributed by atoms with Gasteiger partial charge in [0.25, 0.3) is 0 Å². The lowest BCUT2D eigenvalue weighted by atomic mass is 9.93. The maximum absolute atomic E-state index is 13.1. The Balaban J connectivity index is 1.83. The first-order valence-electron chi connectivity index (χ1n) is 13.6. The van der Waals surface area contributed by atoms with Gasteiger partial charge < -0.3 is 10.5 Å². The molecule has 0 fully saturated rings. The van der Waals surface area contributed by atoms with Crippen LogP contribution >= 0.6 is 0 Å². The zero-order valence-electron chi connectivity index (χ0n) is 22.5. The van der Waals surface area contributed by atoms with E-state index in [1.807, 2.05) is 30.3 Å². The van der Waals surface area contributed by atoms with Crippen LogP contribution in [-0.2, 0) is 20.7 Å². The molecule has 37 heavy (non-hydrogen) atoms. The molecule has 3 rings (SSSR count). The number of rotatable bonds is 15. The number of amidine groups is 1. The van der Waals surface area contributed by atoms with E-state index in [-0.39, 0.29) is 30.1 Å². The van der Waals surface area contributed by atoms with Crippen molar-refractivity contribution in [2.24, 2.45) is 10.7 Å². The molecule has 0 aliphatic heterocycles. The van der Waals surface area contributed by atoms with E-state index in [0.29, 0.717) is 44.4 Å². The minimum Gasteiger partial charge on any atom is -0.465 e. The van der Waals surface area contributed by atoms with Crippen LogP contribution < -0.4 is 5.73 Å². The van der Waals surface area contributed by atoms with Gasteiger partial charge in [-0.15, -0.1) is 0 Å². The van der Waals surface area contributed by atoms with Gasteiger partial charge in [-0.25, -0.2) is 0 Å². The van der Waals surface area contributed by atoms with E-state index in [1.54, 1.807) is 6.92 Å². The van der Waals surface area contributed by atoms with Crippen LogP contribution in [0.25, 0.3) is 11.1 Å². The van der Waals surface area contributed by atoms with Crippen LogP contribution in [-0.4, -0.2) is 36.5 Å². The number of carbonyl (C=O) groups excluding carboxylic acids is 3. The first-order valence-corrected chi connectivity index (χ1v) is 13.6. The summed E-state index contributed by atoms with van der Waals surface area (Å²) in [5, 5.41) is 0. The molecule has 0 saturated carbocycles. The van der Waals surface area contributed by atoms with E-state index >= 15 is 0 Å². The number of carbonyl (C=O) groups is 3. The van der Waals surface area contributed by atoms with Crippen molar-refractivity contribution in [1.82, 2.24) is 0 Å². The number of nitrogens with zero attached hydrogens (tertiary/aromatic N) is 1. The van der Waals surface area contributed by atoms with E-state index < -0.39 is 0 Å². The Morgan fingerprint density at radius 3 is 2.49 bits per heavy atom. The van der Waals surface area contributed by atoms with Gasteiger partial charge in [-0.1, -0.05) is 63.6 Å². The summed E-state index contributed by atoms with van der Waals surface area (Å²) in [6.07, 6.45) is 5.69. The van der Waals surface area contributed by atoms with Crippen molar-refractivity contribution in [2.45, 2.75) is 84.5 Å². The molecule has 198 valence electrons. The summed E-state index contributed by atoms with van der Waals surface area (Å²) < 4.78 is 5.56. The van der Waals surface area contributed by atoms with Crippen molar-refractivity contribution in [3.8, 4) is 11.1 Å². The Morgan fingerprint density at radius 2 is 1.76 bits per heavy atom. The maximum Gasteiger partial charge on any atom is 0.305 e. The number of nitrogens with two attached hydrogens (primary N) is 1. The molecule has 0 aromatic heterocycles. The number of hydrogen-bond acceptors (Lipinski definition) is 5. The third-order valence-corrected chi connectivity index (χ3v) is 6.82. The topological polar surface area (TPSA) is 98.8 Å². The van der Waals surface area contributed by atoms with Gasteiger partial charge in [0.2, 0.25) is 0 Å². The second-order valence-corrected chi connectivity index (χ2v) is 9.75. The zero-order valence-corrected chi connectivity index (χ0v) is 22.5. The third kappa shape index (κ3) is 7.37. The van der Waals surface area contributed by atoms with Crippen LogP contribution in [0.15, 0.2) is 41.4 Å². The Hall–Kier alpha value is -3.28. The third-order valence-electron chi connectivity index (χ3n) is 6.82. The maximum atomic E-state index is 13.1. The van der Waals surface area contributed by atoms with Crippen molar-refractivity contribution in [1.29, 1.82) is 0 Å². The fourth-order valence-electron chi connectivity index (χ4n) is 4.85. The Morgan fingerprint density at radius 1 is 0.946 bits per heavy atom. The molecular formula is C31H40N2O4. The highest BCUT2D eigenvalue weighted by molar-refractivity contribution is 6.04. The van der Waals surface area contributed by atoms with Gasteiger partial charge in [-0.3, -0.25) is 19.4 Å². The lowest BCUT2D eigenvalue weighted by Crippen LogP contribution is -2.13. The van der Waals surface area contributed by atoms with Crippen LogP contribution in [0.1, 0.15) is 105 Å². The molecule has 2 aromatic carbocycles. The number of unbranched alkanes of at least 4 members (excludes halogenated alkanes) is 1. The van der Waals surface area contributed by atoms with E-state index in [1.165, 1.54) is 0 Å². The highest BCUT2D eigenvalue weighted by Crippen LogP contribution is 2.47. The summed E-state index contributed by atoms with van der Waals surface area (Å²) >= 11 is 0. The molecule has 0 bridgehead atoms. The first-order chi connectivity index (χ1) is 17.9. The molecule has 1 unspecified atom stereocenters. The van der Waals surface area contributed by atoms with Gasteiger partial charge in [-0.2, -0.15) is 0 Å². The summed E-state index contributed by atoms with van der Waals surface area (Å²) in [6.45, 7) is 6.84. The van der Waals surface area contributed by atoms with Gasteiger partial charge in [-0.05, 0) is 47.1 Å². The van der Waals surface area contributed by atoms with Crippen LogP contribution in [0.5, 0.6) is 0 Å². The van der Waals surface area contributed by atoms with Crippen LogP contribution in [0.2, 0.25) is 0 Å². The number of ether oxygens (including phenoxy) is 1. The summed E-state index contributed by atoms with van der Waals surface area (Å²) in [4.78, 5) is 42.0. The molecule has 1 aliphatic carbocycles. The van der Waals surface area contributed by atoms with Crippen LogP contribution in [0.3, 0.4) is 0 Å². The highest BCUT2D eigenvalue weighted by atomic mass is 16.5. The van der Waals surface area contributed by atoms with Gasteiger partial charge in [0.15, 0.2) is 5.78 Å². The van der Waals surface area contributed by atoms with Crippen LogP contribution in [0.4, 0.5) is 0 Å². The molecule has 1 aliphatic rings. The lowest BCUT2D eigenvalue weighted by Gasteiger charge is -2.15. The molecule has 6 nitrogen and oxygen atoms in total. The van der Waals surface area contributed by atoms with Crippen molar-refractivity contribution in [3.05, 3.63) is 58.7 Å². The molecule has 1 atom stereocenters. The minimum atomic E-state index is -0.252. The predicted octanol–water partition coefficient (Wildman–Crippen LogP) is 6.17. The normalized spacial score (nSPS) is 14.2. The fraction of sp³-hybridized carbons (Fsp3) is 0.484. The van der Waals surface area contributed by atoms with Gasteiger partial charge >= 0.3 is 5.97 Å². The second kappa shape index (κ2) is 13.9. The number of ketones is 2. The lowest BCUT2D eigenvalue weighted by molar-refractivity contribution is -0.143. The molecular weight excluding hydrogens is 464 g/mol. The van der Waals surface area contributed by atoms with Crippen molar-refractivity contribution in [2.75, 3.05) is 13.2 Å². The van der Waals surface area contributed by atoms with E-state index in [9.17, 15) is 14.4 Å². The number of aliphatic imine (C=N–C) groups is 1.